The Balaban J connectivity index is 1.84. The summed E-state index contributed by atoms with van der Waals surface area (Å²) in [6.45, 7) is 19.0. The minimum Gasteiger partial charge on any atom is -0.319 e. The fourth-order valence-corrected chi connectivity index (χ4v) is 13.8. The van der Waals surface area contributed by atoms with E-state index in [-0.39, 0.29) is 0 Å². The van der Waals surface area contributed by atoms with Crippen LogP contribution < -0.4 is 0 Å². The van der Waals surface area contributed by atoms with Crippen LogP contribution >= 0.6 is 0 Å². The molecular weight excluding hydrogens is 306 g/mol. The Bertz CT molecular complexity index is 438. The van der Waals surface area contributed by atoms with Crippen LogP contribution in [0.4, 0.5) is 0 Å². The van der Waals surface area contributed by atoms with Gasteiger partial charge in [-0.1, -0.05) is 52.6 Å². The molecule has 2 heteroatoms. The van der Waals surface area contributed by atoms with Gasteiger partial charge in [0.15, 0.2) is 0 Å². The van der Waals surface area contributed by atoms with E-state index < -0.39 is 8.24 Å². The molecule has 24 heavy (non-hydrogen) atoms. The van der Waals surface area contributed by atoms with E-state index in [1.54, 1.807) is 25.7 Å². The monoisotopic (exact) mass is 349 g/mol. The number of hydrogen-bond donors (Lipinski definition) is 0. The molecule has 0 heterocycles. The molecule has 0 aliphatic heterocycles. The third-order valence-corrected chi connectivity index (χ3v) is 13.2. The van der Waals surface area contributed by atoms with Crippen molar-refractivity contribution in [3.63, 3.8) is 0 Å². The molecule has 0 N–H and O–H groups in total. The van der Waals surface area contributed by atoms with Gasteiger partial charge in [-0.15, -0.1) is 0 Å². The first-order valence-corrected chi connectivity index (χ1v) is 14.0. The zero-order valence-corrected chi connectivity index (χ0v) is 18.6. The highest BCUT2D eigenvalue weighted by molar-refractivity contribution is 6.76. The Morgan fingerprint density at radius 2 is 1.50 bits per heavy atom. The van der Waals surface area contributed by atoms with Crippen LogP contribution in [0.25, 0.3) is 0 Å². The van der Waals surface area contributed by atoms with E-state index >= 15 is 0 Å². The molecule has 0 saturated heterocycles. The lowest BCUT2D eigenvalue weighted by atomic mass is 9.64. The third-order valence-electron chi connectivity index (χ3n) is 8.24. The van der Waals surface area contributed by atoms with Gasteiger partial charge in [0.05, 0.1) is 0 Å². The summed E-state index contributed by atoms with van der Waals surface area (Å²) in [6.07, 6.45) is 10.8. The first-order chi connectivity index (χ1) is 11.2. The zero-order valence-electron chi connectivity index (χ0n) is 17.6. The van der Waals surface area contributed by atoms with Gasteiger partial charge in [-0.25, -0.2) is 0 Å². The summed E-state index contributed by atoms with van der Waals surface area (Å²) in [6, 6.07) is 0. The third kappa shape index (κ3) is 3.27. The van der Waals surface area contributed by atoms with Gasteiger partial charge in [0, 0.05) is 5.54 Å². The van der Waals surface area contributed by atoms with Crippen LogP contribution in [0.1, 0.15) is 79.6 Å². The number of rotatable bonds is 3. The van der Waals surface area contributed by atoms with Gasteiger partial charge in [-0.2, -0.15) is 0 Å². The van der Waals surface area contributed by atoms with E-state index in [2.05, 4.69) is 52.3 Å². The summed E-state index contributed by atoms with van der Waals surface area (Å²) in [5.74, 6) is 5.26. The second-order valence-electron chi connectivity index (χ2n) is 11.0. The fourth-order valence-electron chi connectivity index (χ4n) is 7.91. The SMILES string of the molecule is CCN(C(C)(C)C)[Si](C)(C)C1C(C)CC2CC3CCCCC3CC21. The molecule has 0 aromatic heterocycles. The maximum Gasteiger partial charge on any atom is 0.126 e. The molecule has 0 aromatic carbocycles. The van der Waals surface area contributed by atoms with E-state index in [0.717, 1.165) is 35.1 Å². The highest BCUT2D eigenvalue weighted by Crippen LogP contribution is 2.60. The van der Waals surface area contributed by atoms with Crippen LogP contribution in [0, 0.1) is 29.6 Å². The largest absolute Gasteiger partial charge is 0.319 e. The van der Waals surface area contributed by atoms with Crippen molar-refractivity contribution >= 4 is 8.24 Å². The van der Waals surface area contributed by atoms with Gasteiger partial charge in [0.1, 0.15) is 8.24 Å². The van der Waals surface area contributed by atoms with Crippen molar-refractivity contribution in [2.75, 3.05) is 6.54 Å². The lowest BCUT2D eigenvalue weighted by Crippen LogP contribution is -2.61. The summed E-state index contributed by atoms with van der Waals surface area (Å²) < 4.78 is 2.94. The van der Waals surface area contributed by atoms with Gasteiger partial charge < -0.3 is 4.57 Å². The molecule has 1 nitrogen and oxygen atoms in total. The zero-order chi connectivity index (χ0) is 17.7. The molecule has 3 fully saturated rings. The van der Waals surface area contributed by atoms with Crippen LogP contribution in [0.3, 0.4) is 0 Å². The molecule has 0 radical (unpaired) electrons. The van der Waals surface area contributed by atoms with Crippen molar-refractivity contribution in [1.82, 2.24) is 4.57 Å². The van der Waals surface area contributed by atoms with Crippen LogP contribution in [-0.4, -0.2) is 24.9 Å². The predicted octanol–water partition coefficient (Wildman–Crippen LogP) is 6.55. The molecule has 0 spiro atoms. The highest BCUT2D eigenvalue weighted by atomic mass is 28.3. The quantitative estimate of drug-likeness (QED) is 0.522. The minimum absolute atomic E-state index is 0.324. The van der Waals surface area contributed by atoms with Crippen LogP contribution in [0.5, 0.6) is 0 Å². The molecule has 3 rings (SSSR count). The van der Waals surface area contributed by atoms with Gasteiger partial charge in [-0.3, -0.25) is 0 Å². The smallest absolute Gasteiger partial charge is 0.126 e. The Hall–Kier alpha value is 0.177. The Morgan fingerprint density at radius 1 is 0.917 bits per heavy atom. The Kier molecular flexibility index (Phi) is 5.31. The molecule has 0 aromatic rings. The topological polar surface area (TPSA) is 3.24 Å². The van der Waals surface area contributed by atoms with Gasteiger partial charge in [0.25, 0.3) is 0 Å². The Labute approximate surface area is 153 Å². The maximum absolute atomic E-state index is 2.94. The first kappa shape index (κ1) is 19.0. The molecule has 0 bridgehead atoms. The highest BCUT2D eigenvalue weighted by Gasteiger charge is 2.55. The minimum atomic E-state index is -1.43. The first-order valence-electron chi connectivity index (χ1n) is 10.9. The summed E-state index contributed by atoms with van der Waals surface area (Å²) in [4.78, 5) is 0. The molecule has 6 atom stereocenters. The van der Waals surface area contributed by atoms with Crippen molar-refractivity contribution in [2.24, 2.45) is 29.6 Å². The number of fused-ring (bicyclic) bond motifs is 2. The van der Waals surface area contributed by atoms with E-state index in [4.69, 9.17) is 0 Å². The molecule has 0 amide bonds. The average molecular weight is 350 g/mol. The lowest BCUT2D eigenvalue weighted by molar-refractivity contribution is 0.0915. The molecule has 6 unspecified atom stereocenters. The second kappa shape index (κ2) is 6.72. The van der Waals surface area contributed by atoms with Crippen LogP contribution in [0.15, 0.2) is 0 Å². The standard InChI is InChI=1S/C22H43NSi/c1-8-23(22(3,4)5)24(6,7)21-16(2)13-19-14-17-11-9-10-12-18(17)15-20(19)21/h16-21H,8-15H2,1-7H3. The van der Waals surface area contributed by atoms with Crippen molar-refractivity contribution in [3.8, 4) is 0 Å². The molecule has 3 aliphatic rings. The van der Waals surface area contributed by atoms with Gasteiger partial charge >= 0.3 is 0 Å². The molecular formula is C22H43NSi. The van der Waals surface area contributed by atoms with Crippen molar-refractivity contribution in [1.29, 1.82) is 0 Å². The maximum atomic E-state index is 2.94. The van der Waals surface area contributed by atoms with Gasteiger partial charge in [-0.05, 0) is 81.7 Å². The van der Waals surface area contributed by atoms with Crippen LogP contribution in [-0.2, 0) is 0 Å². The predicted molar refractivity (Wildman–Crippen MR) is 109 cm³/mol. The second-order valence-corrected chi connectivity index (χ2v) is 15.5. The number of hydrogen-bond acceptors (Lipinski definition) is 1. The summed E-state index contributed by atoms with van der Waals surface area (Å²) in [7, 11) is -1.43. The molecule has 3 saturated carbocycles. The Morgan fingerprint density at radius 3 is 2.04 bits per heavy atom. The van der Waals surface area contributed by atoms with Crippen molar-refractivity contribution in [2.45, 2.75) is 104 Å². The van der Waals surface area contributed by atoms with E-state index in [1.807, 2.05) is 0 Å². The molecule has 3 aliphatic carbocycles. The lowest BCUT2D eigenvalue weighted by Gasteiger charge is -2.53. The number of nitrogens with zero attached hydrogens (tertiary/aromatic N) is 1. The van der Waals surface area contributed by atoms with Crippen molar-refractivity contribution in [3.05, 3.63) is 0 Å². The van der Waals surface area contributed by atoms with Crippen LogP contribution in [0.2, 0.25) is 18.6 Å². The summed E-state index contributed by atoms with van der Waals surface area (Å²) in [5, 5.41) is 0. The van der Waals surface area contributed by atoms with Crippen molar-refractivity contribution < 1.29 is 0 Å². The summed E-state index contributed by atoms with van der Waals surface area (Å²) in [5.41, 5.74) is 1.34. The summed E-state index contributed by atoms with van der Waals surface area (Å²) >= 11 is 0. The fraction of sp³-hybridized carbons (Fsp3) is 1.00. The van der Waals surface area contributed by atoms with E-state index in [0.29, 0.717) is 5.54 Å². The van der Waals surface area contributed by atoms with E-state index in [9.17, 15) is 0 Å². The van der Waals surface area contributed by atoms with Gasteiger partial charge in [0.2, 0.25) is 0 Å². The normalized spacial score (nSPS) is 40.5. The van der Waals surface area contributed by atoms with E-state index in [1.165, 1.54) is 25.8 Å². The average Bonchev–Trinajstić information content (AvgIpc) is 2.78. The molecule has 140 valence electrons.